The van der Waals surface area contributed by atoms with Crippen molar-refractivity contribution in [2.45, 2.75) is 19.4 Å². The Hall–Kier alpha value is -0.870. The Labute approximate surface area is 84.7 Å². The van der Waals surface area contributed by atoms with Crippen molar-refractivity contribution in [2.24, 2.45) is 5.73 Å². The maximum atomic E-state index is 11.6. The SMILES string of the molecule is CC1COCCCN1C(=O)/C=C/CN. The van der Waals surface area contributed by atoms with E-state index in [1.165, 1.54) is 0 Å². The number of rotatable bonds is 2. The second-order valence-corrected chi connectivity index (χ2v) is 3.45. The van der Waals surface area contributed by atoms with E-state index < -0.39 is 0 Å². The Bertz CT molecular complexity index is 216. The minimum absolute atomic E-state index is 0.0356. The topological polar surface area (TPSA) is 55.6 Å². The largest absolute Gasteiger partial charge is 0.379 e. The lowest BCUT2D eigenvalue weighted by Gasteiger charge is -2.24. The van der Waals surface area contributed by atoms with Crippen molar-refractivity contribution in [3.05, 3.63) is 12.2 Å². The number of amides is 1. The fraction of sp³-hybridized carbons (Fsp3) is 0.700. The average Bonchev–Trinajstić information content (AvgIpc) is 2.39. The van der Waals surface area contributed by atoms with Crippen LogP contribution >= 0.6 is 0 Å². The van der Waals surface area contributed by atoms with Crippen LogP contribution in [0, 0.1) is 0 Å². The second-order valence-electron chi connectivity index (χ2n) is 3.45. The monoisotopic (exact) mass is 198 g/mol. The van der Waals surface area contributed by atoms with Crippen LogP contribution < -0.4 is 5.73 Å². The average molecular weight is 198 g/mol. The van der Waals surface area contributed by atoms with Crippen LogP contribution in [0.2, 0.25) is 0 Å². The Morgan fingerprint density at radius 3 is 3.21 bits per heavy atom. The lowest BCUT2D eigenvalue weighted by atomic mass is 10.2. The molecule has 4 heteroatoms. The van der Waals surface area contributed by atoms with Gasteiger partial charge in [0, 0.05) is 25.8 Å². The summed E-state index contributed by atoms with van der Waals surface area (Å²) >= 11 is 0. The van der Waals surface area contributed by atoms with E-state index in [1.807, 2.05) is 11.8 Å². The molecular formula is C10H18N2O2. The van der Waals surface area contributed by atoms with Crippen LogP contribution in [0.4, 0.5) is 0 Å². The zero-order chi connectivity index (χ0) is 10.4. The van der Waals surface area contributed by atoms with Crippen molar-refractivity contribution in [2.75, 3.05) is 26.3 Å². The van der Waals surface area contributed by atoms with Crippen LogP contribution in [-0.2, 0) is 9.53 Å². The molecule has 0 spiro atoms. The number of carbonyl (C=O) groups is 1. The minimum atomic E-state index is 0.0356. The third-order valence-corrected chi connectivity index (χ3v) is 2.26. The highest BCUT2D eigenvalue weighted by atomic mass is 16.5. The fourth-order valence-electron chi connectivity index (χ4n) is 1.49. The summed E-state index contributed by atoms with van der Waals surface area (Å²) in [6.07, 6.45) is 4.13. The molecule has 1 aliphatic heterocycles. The number of hydrogen-bond donors (Lipinski definition) is 1. The first-order chi connectivity index (χ1) is 6.75. The lowest BCUT2D eigenvalue weighted by Crippen LogP contribution is -2.39. The summed E-state index contributed by atoms with van der Waals surface area (Å²) in [5.74, 6) is 0.0356. The number of nitrogens with two attached hydrogens (primary N) is 1. The number of ether oxygens (including phenoxy) is 1. The molecule has 1 rings (SSSR count). The van der Waals surface area contributed by atoms with Gasteiger partial charge in [-0.25, -0.2) is 0 Å². The second kappa shape index (κ2) is 5.78. The molecule has 1 amide bonds. The first-order valence-electron chi connectivity index (χ1n) is 5.00. The Morgan fingerprint density at radius 1 is 1.71 bits per heavy atom. The predicted octanol–water partition coefficient (Wildman–Crippen LogP) is 0.139. The summed E-state index contributed by atoms with van der Waals surface area (Å²) in [5.41, 5.74) is 5.29. The highest BCUT2D eigenvalue weighted by Crippen LogP contribution is 2.07. The van der Waals surface area contributed by atoms with Gasteiger partial charge in [-0.05, 0) is 13.3 Å². The lowest BCUT2D eigenvalue weighted by molar-refractivity contribution is -0.128. The van der Waals surface area contributed by atoms with E-state index in [-0.39, 0.29) is 11.9 Å². The van der Waals surface area contributed by atoms with Crippen LogP contribution in [0.5, 0.6) is 0 Å². The zero-order valence-corrected chi connectivity index (χ0v) is 8.61. The number of nitrogens with zero attached hydrogens (tertiary/aromatic N) is 1. The van der Waals surface area contributed by atoms with Gasteiger partial charge in [0.2, 0.25) is 5.91 Å². The van der Waals surface area contributed by atoms with Gasteiger partial charge in [-0.2, -0.15) is 0 Å². The Balaban J connectivity index is 2.54. The first kappa shape index (κ1) is 11.2. The Morgan fingerprint density at radius 2 is 2.50 bits per heavy atom. The van der Waals surface area contributed by atoms with E-state index in [0.717, 1.165) is 19.6 Å². The molecule has 1 atom stereocenters. The molecule has 0 aromatic heterocycles. The van der Waals surface area contributed by atoms with Gasteiger partial charge in [0.05, 0.1) is 12.6 Å². The van der Waals surface area contributed by atoms with E-state index in [9.17, 15) is 4.79 Å². The van der Waals surface area contributed by atoms with Gasteiger partial charge in [0.25, 0.3) is 0 Å². The summed E-state index contributed by atoms with van der Waals surface area (Å²) < 4.78 is 5.35. The van der Waals surface area contributed by atoms with Gasteiger partial charge in [-0.1, -0.05) is 6.08 Å². The van der Waals surface area contributed by atoms with Crippen molar-refractivity contribution in [1.29, 1.82) is 0 Å². The summed E-state index contributed by atoms with van der Waals surface area (Å²) in [7, 11) is 0. The van der Waals surface area contributed by atoms with Crippen LogP contribution in [0.1, 0.15) is 13.3 Å². The van der Waals surface area contributed by atoms with Crippen molar-refractivity contribution in [1.82, 2.24) is 4.90 Å². The molecule has 0 bridgehead atoms. The molecule has 0 radical (unpaired) electrons. The molecule has 80 valence electrons. The van der Waals surface area contributed by atoms with Gasteiger partial charge >= 0.3 is 0 Å². The van der Waals surface area contributed by atoms with Gasteiger partial charge in [0.1, 0.15) is 0 Å². The van der Waals surface area contributed by atoms with Crippen molar-refractivity contribution < 1.29 is 9.53 Å². The molecule has 1 unspecified atom stereocenters. The molecule has 14 heavy (non-hydrogen) atoms. The van der Waals surface area contributed by atoms with Gasteiger partial charge in [-0.3, -0.25) is 4.79 Å². The van der Waals surface area contributed by atoms with Gasteiger partial charge in [0.15, 0.2) is 0 Å². The third kappa shape index (κ3) is 3.12. The summed E-state index contributed by atoms with van der Waals surface area (Å²) in [5, 5.41) is 0. The zero-order valence-electron chi connectivity index (χ0n) is 8.61. The molecule has 0 aromatic carbocycles. The van der Waals surface area contributed by atoms with Gasteiger partial charge in [-0.15, -0.1) is 0 Å². The maximum Gasteiger partial charge on any atom is 0.246 e. The molecule has 0 aliphatic carbocycles. The molecular weight excluding hydrogens is 180 g/mol. The van der Waals surface area contributed by atoms with E-state index in [0.29, 0.717) is 13.2 Å². The van der Waals surface area contributed by atoms with Crippen LogP contribution in [0.25, 0.3) is 0 Å². The molecule has 0 saturated carbocycles. The highest BCUT2D eigenvalue weighted by molar-refractivity contribution is 5.87. The van der Waals surface area contributed by atoms with Crippen molar-refractivity contribution in [3.8, 4) is 0 Å². The first-order valence-corrected chi connectivity index (χ1v) is 5.00. The smallest absolute Gasteiger partial charge is 0.246 e. The number of carbonyl (C=O) groups excluding carboxylic acids is 1. The summed E-state index contributed by atoms with van der Waals surface area (Å²) in [6.45, 7) is 4.55. The van der Waals surface area contributed by atoms with E-state index in [4.69, 9.17) is 10.5 Å². The molecule has 1 aliphatic rings. The summed E-state index contributed by atoms with van der Waals surface area (Å²) in [4.78, 5) is 13.5. The fourth-order valence-corrected chi connectivity index (χ4v) is 1.49. The van der Waals surface area contributed by atoms with Crippen molar-refractivity contribution >= 4 is 5.91 Å². The number of hydrogen-bond acceptors (Lipinski definition) is 3. The van der Waals surface area contributed by atoms with E-state index in [1.54, 1.807) is 12.2 Å². The van der Waals surface area contributed by atoms with E-state index >= 15 is 0 Å². The molecule has 4 nitrogen and oxygen atoms in total. The maximum absolute atomic E-state index is 11.6. The van der Waals surface area contributed by atoms with Gasteiger partial charge < -0.3 is 15.4 Å². The van der Waals surface area contributed by atoms with Crippen molar-refractivity contribution in [3.63, 3.8) is 0 Å². The molecule has 1 saturated heterocycles. The van der Waals surface area contributed by atoms with Crippen LogP contribution in [-0.4, -0.2) is 43.2 Å². The molecule has 1 heterocycles. The quantitative estimate of drug-likeness (QED) is 0.642. The van der Waals surface area contributed by atoms with Crippen LogP contribution in [0.3, 0.4) is 0 Å². The Kier molecular flexibility index (Phi) is 4.62. The third-order valence-electron chi connectivity index (χ3n) is 2.26. The van der Waals surface area contributed by atoms with Crippen LogP contribution in [0.15, 0.2) is 12.2 Å². The minimum Gasteiger partial charge on any atom is -0.379 e. The summed E-state index contributed by atoms with van der Waals surface area (Å²) in [6, 6.07) is 0.160. The predicted molar refractivity (Wildman–Crippen MR) is 54.8 cm³/mol. The molecule has 2 N–H and O–H groups in total. The highest BCUT2D eigenvalue weighted by Gasteiger charge is 2.20. The normalized spacial score (nSPS) is 23.9. The molecule has 0 aromatic rings. The molecule has 1 fully saturated rings. The standard InChI is InChI=1S/C10H18N2O2/c1-9-8-14-7-3-6-12(9)10(13)4-2-5-11/h2,4,9H,3,5-8,11H2,1H3/b4-2+. The van der Waals surface area contributed by atoms with E-state index in [2.05, 4.69) is 0 Å².